The lowest BCUT2D eigenvalue weighted by Crippen LogP contribution is -2.26. The Labute approximate surface area is 304 Å². The van der Waals surface area contributed by atoms with E-state index < -0.39 is 6.29 Å². The standard InChI is InChI=1S/C48H31N3S/c1-4-16-31-28(12-1)15-11-22-35(31)44-39-27-25-29-13-2-5-17-32(29)43(39)49-48(50-44)51-45-33-18-6-3-14-30(33)24-26-38(45)41-34-19-7-8-20-36(34)47-42(46(41)51)37-21-9-10-23-40(37)52-47/h1-27,34,36,48-49H. The molecule has 3 heterocycles. The van der Waals surface area contributed by atoms with Crippen LogP contribution in [0.25, 0.3) is 64.6 Å². The summed E-state index contributed by atoms with van der Waals surface area (Å²) in [4.78, 5) is 7.28. The molecular formula is C48H31N3S. The zero-order chi connectivity index (χ0) is 33.9. The van der Waals surface area contributed by atoms with E-state index in [0.717, 1.165) is 22.5 Å². The summed E-state index contributed by atoms with van der Waals surface area (Å²) >= 11 is 1.95. The van der Waals surface area contributed by atoms with E-state index in [4.69, 9.17) is 4.99 Å². The number of aliphatic imine (C=N–C) groups is 1. The number of nitrogens with one attached hydrogen (secondary N) is 1. The van der Waals surface area contributed by atoms with Gasteiger partial charge in [-0.2, -0.15) is 0 Å². The summed E-state index contributed by atoms with van der Waals surface area (Å²) in [5, 5.41) is 14.0. The van der Waals surface area contributed by atoms with Gasteiger partial charge in [-0.1, -0.05) is 158 Å². The Bertz CT molecular complexity index is 3080. The van der Waals surface area contributed by atoms with Gasteiger partial charge in [-0.3, -0.25) is 4.57 Å². The fourth-order valence-corrected chi connectivity index (χ4v) is 10.7. The van der Waals surface area contributed by atoms with Crippen LogP contribution >= 0.6 is 11.3 Å². The maximum atomic E-state index is 5.84. The summed E-state index contributed by atoms with van der Waals surface area (Å²) in [6.45, 7) is 0. The van der Waals surface area contributed by atoms with E-state index in [2.05, 4.69) is 174 Å². The number of fused-ring (bicyclic) bond motifs is 16. The van der Waals surface area contributed by atoms with Crippen LogP contribution in [0.1, 0.15) is 39.7 Å². The summed E-state index contributed by atoms with van der Waals surface area (Å²) in [5.41, 5.74) is 9.68. The van der Waals surface area contributed by atoms with Crippen molar-refractivity contribution in [3.63, 3.8) is 0 Å². The van der Waals surface area contributed by atoms with Gasteiger partial charge in [0.15, 0.2) is 0 Å². The molecular weight excluding hydrogens is 651 g/mol. The van der Waals surface area contributed by atoms with E-state index in [1.54, 1.807) is 0 Å². The molecule has 3 unspecified atom stereocenters. The highest BCUT2D eigenvalue weighted by Crippen LogP contribution is 2.59. The van der Waals surface area contributed by atoms with Crippen molar-refractivity contribution >= 4 is 76.0 Å². The van der Waals surface area contributed by atoms with Gasteiger partial charge in [0, 0.05) is 59.6 Å². The Hall–Kier alpha value is -6.23. The third-order valence-electron chi connectivity index (χ3n) is 11.6. The zero-order valence-electron chi connectivity index (χ0n) is 28.1. The molecule has 1 aliphatic heterocycles. The number of rotatable bonds is 2. The van der Waals surface area contributed by atoms with E-state index in [-0.39, 0.29) is 11.8 Å². The van der Waals surface area contributed by atoms with Crippen LogP contribution in [0.4, 0.5) is 5.69 Å². The van der Waals surface area contributed by atoms with Crippen molar-refractivity contribution in [3.8, 4) is 11.3 Å². The van der Waals surface area contributed by atoms with Crippen LogP contribution in [0, 0.1) is 0 Å². The van der Waals surface area contributed by atoms with Gasteiger partial charge >= 0.3 is 0 Å². The SMILES string of the molecule is C1=CC2c3sc4ccccc4c3-c3c(c4ccc5ccccc5c4n3C3N=C(c4cccc5ccccc45)c4ccc5ccccc5c4N3)C2C=C1. The first-order valence-corrected chi connectivity index (χ1v) is 18.9. The lowest BCUT2D eigenvalue weighted by Gasteiger charge is -2.34. The number of hydrogen-bond donors (Lipinski definition) is 1. The Morgan fingerprint density at radius 1 is 0.538 bits per heavy atom. The van der Waals surface area contributed by atoms with Crippen molar-refractivity contribution in [2.45, 2.75) is 18.1 Å². The van der Waals surface area contributed by atoms with Gasteiger partial charge in [-0.15, -0.1) is 11.3 Å². The molecule has 3 atom stereocenters. The molecule has 0 bridgehead atoms. The predicted molar refractivity (Wildman–Crippen MR) is 220 cm³/mol. The fraction of sp³-hybridized carbons (Fsp3) is 0.0625. The van der Waals surface area contributed by atoms with Crippen LogP contribution < -0.4 is 5.32 Å². The smallest absolute Gasteiger partial charge is 0.201 e. The third-order valence-corrected chi connectivity index (χ3v) is 12.8. The molecule has 0 radical (unpaired) electrons. The summed E-state index contributed by atoms with van der Waals surface area (Å²) in [5.74, 6) is 0.512. The molecule has 52 heavy (non-hydrogen) atoms. The number of aromatic nitrogens is 1. The van der Waals surface area contributed by atoms with Gasteiger partial charge in [-0.05, 0) is 33.2 Å². The summed E-state index contributed by atoms with van der Waals surface area (Å²) in [6.07, 6.45) is 8.92. The quantitative estimate of drug-likeness (QED) is 0.193. The highest BCUT2D eigenvalue weighted by molar-refractivity contribution is 7.19. The van der Waals surface area contributed by atoms with E-state index in [1.165, 1.54) is 75.0 Å². The highest BCUT2D eigenvalue weighted by Gasteiger charge is 2.41. The van der Waals surface area contributed by atoms with Crippen molar-refractivity contribution in [1.29, 1.82) is 0 Å². The Kier molecular flexibility index (Phi) is 5.83. The van der Waals surface area contributed by atoms with Gasteiger partial charge in [0.1, 0.15) is 0 Å². The lowest BCUT2D eigenvalue weighted by atomic mass is 9.74. The minimum Gasteiger partial charge on any atom is -0.345 e. The van der Waals surface area contributed by atoms with Crippen LogP contribution in [0.5, 0.6) is 0 Å². The molecule has 1 N–H and O–H groups in total. The van der Waals surface area contributed by atoms with Crippen LogP contribution in [0.15, 0.2) is 169 Å². The fourth-order valence-electron chi connectivity index (χ4n) is 9.36. The van der Waals surface area contributed by atoms with Gasteiger partial charge in [0.2, 0.25) is 6.29 Å². The average molecular weight is 682 g/mol. The summed E-state index contributed by atoms with van der Waals surface area (Å²) < 4.78 is 3.90. The third kappa shape index (κ3) is 3.82. The molecule has 2 aromatic heterocycles. The molecule has 0 fully saturated rings. The van der Waals surface area contributed by atoms with Gasteiger partial charge in [0.25, 0.3) is 0 Å². The topological polar surface area (TPSA) is 29.3 Å². The van der Waals surface area contributed by atoms with E-state index in [9.17, 15) is 0 Å². The van der Waals surface area contributed by atoms with Crippen LogP contribution in [-0.2, 0) is 0 Å². The maximum absolute atomic E-state index is 5.84. The predicted octanol–water partition coefficient (Wildman–Crippen LogP) is 12.7. The normalized spacial score (nSPS) is 18.7. The molecule has 0 saturated heterocycles. The molecule has 4 heteroatoms. The Morgan fingerprint density at radius 3 is 2.04 bits per heavy atom. The molecule has 7 aromatic carbocycles. The van der Waals surface area contributed by atoms with Crippen molar-refractivity contribution in [3.05, 3.63) is 185 Å². The number of anilines is 1. The molecule has 0 spiro atoms. The van der Waals surface area contributed by atoms with Crippen molar-refractivity contribution in [1.82, 2.24) is 4.57 Å². The maximum Gasteiger partial charge on any atom is 0.201 e. The number of allylic oxidation sites excluding steroid dienone is 4. The van der Waals surface area contributed by atoms with E-state index in [1.807, 2.05) is 11.3 Å². The monoisotopic (exact) mass is 681 g/mol. The van der Waals surface area contributed by atoms with Crippen LogP contribution in [0.2, 0.25) is 0 Å². The van der Waals surface area contributed by atoms with Crippen LogP contribution in [-0.4, -0.2) is 10.3 Å². The van der Waals surface area contributed by atoms with E-state index in [0.29, 0.717) is 0 Å². The van der Waals surface area contributed by atoms with Crippen molar-refractivity contribution in [2.75, 3.05) is 5.32 Å². The molecule has 9 aromatic rings. The molecule has 2 aliphatic carbocycles. The largest absolute Gasteiger partial charge is 0.345 e. The molecule has 3 aliphatic rings. The average Bonchev–Trinajstić information content (AvgIpc) is 3.77. The lowest BCUT2D eigenvalue weighted by molar-refractivity contribution is 0.606. The molecule has 3 nitrogen and oxygen atoms in total. The van der Waals surface area contributed by atoms with E-state index >= 15 is 0 Å². The van der Waals surface area contributed by atoms with Crippen LogP contribution in [0.3, 0.4) is 0 Å². The zero-order valence-corrected chi connectivity index (χ0v) is 28.9. The number of nitrogens with zero attached hydrogens (tertiary/aromatic N) is 2. The molecule has 12 rings (SSSR count). The summed E-state index contributed by atoms with van der Waals surface area (Å²) in [7, 11) is 0. The first-order valence-electron chi connectivity index (χ1n) is 18.1. The number of thiophene rings is 1. The second-order valence-electron chi connectivity index (χ2n) is 14.2. The molecule has 0 amide bonds. The second-order valence-corrected chi connectivity index (χ2v) is 15.3. The van der Waals surface area contributed by atoms with Crippen molar-refractivity contribution in [2.24, 2.45) is 4.99 Å². The first-order chi connectivity index (χ1) is 25.8. The van der Waals surface area contributed by atoms with Gasteiger partial charge < -0.3 is 5.32 Å². The van der Waals surface area contributed by atoms with Gasteiger partial charge in [0.05, 0.1) is 22.6 Å². The minimum absolute atomic E-state index is 0.226. The second kappa shape index (κ2) is 10.6. The Morgan fingerprint density at radius 2 is 1.19 bits per heavy atom. The Balaban J connectivity index is 1.25. The number of benzene rings is 7. The van der Waals surface area contributed by atoms with Gasteiger partial charge in [-0.25, -0.2) is 4.99 Å². The summed E-state index contributed by atoms with van der Waals surface area (Å²) in [6, 6.07) is 51.1. The molecule has 0 saturated carbocycles. The molecule has 244 valence electrons. The van der Waals surface area contributed by atoms with Crippen molar-refractivity contribution < 1.29 is 0 Å². The number of hydrogen-bond acceptors (Lipinski definition) is 3. The highest BCUT2D eigenvalue weighted by atomic mass is 32.1. The minimum atomic E-state index is -0.407. The first kappa shape index (κ1) is 28.5.